The van der Waals surface area contributed by atoms with Crippen LogP contribution in [0.3, 0.4) is 0 Å². The molecule has 0 saturated carbocycles. The summed E-state index contributed by atoms with van der Waals surface area (Å²) in [4.78, 5) is 28.9. The molecule has 138 valence electrons. The quantitative estimate of drug-likeness (QED) is 0.598. The maximum absolute atomic E-state index is 13.0. The van der Waals surface area contributed by atoms with Gasteiger partial charge in [0.1, 0.15) is 5.69 Å². The summed E-state index contributed by atoms with van der Waals surface area (Å²) in [5.74, 6) is 0.433. The number of hydrogen-bond donors (Lipinski definition) is 0. The van der Waals surface area contributed by atoms with Gasteiger partial charge in [0.25, 0.3) is 5.91 Å². The molecule has 6 heteroatoms. The Morgan fingerprint density at radius 1 is 1.07 bits per heavy atom. The molecule has 1 amide bonds. The summed E-state index contributed by atoms with van der Waals surface area (Å²) in [5.41, 5.74) is 2.27. The summed E-state index contributed by atoms with van der Waals surface area (Å²) >= 11 is 1.69. The highest BCUT2D eigenvalue weighted by Gasteiger charge is 2.20. The predicted octanol–water partition coefficient (Wildman–Crippen LogP) is 4.31. The SMILES string of the molecule is CSc1cccc(CN(C(=O)c2cnc(-c3ccccn3)nc2)C(C)C)c1. The van der Waals surface area contributed by atoms with Crippen LogP contribution in [0.25, 0.3) is 11.5 Å². The standard InChI is InChI=1S/C21H22N4OS/c1-15(2)25(14-16-7-6-8-18(11-16)27-3)21(26)17-12-23-20(24-13-17)19-9-4-5-10-22-19/h4-13,15H,14H2,1-3H3. The number of hydrogen-bond acceptors (Lipinski definition) is 5. The van der Waals surface area contributed by atoms with Crippen molar-refractivity contribution in [2.75, 3.05) is 6.26 Å². The Balaban J connectivity index is 1.80. The van der Waals surface area contributed by atoms with E-state index < -0.39 is 0 Å². The number of benzene rings is 1. The molecule has 3 aromatic rings. The Kier molecular flexibility index (Phi) is 6.19. The van der Waals surface area contributed by atoms with Gasteiger partial charge in [0.15, 0.2) is 5.82 Å². The molecule has 0 unspecified atom stereocenters. The van der Waals surface area contributed by atoms with Crippen LogP contribution in [0.5, 0.6) is 0 Å². The number of carbonyl (C=O) groups is 1. The van der Waals surface area contributed by atoms with Gasteiger partial charge in [-0.2, -0.15) is 0 Å². The molecule has 2 aromatic heterocycles. The summed E-state index contributed by atoms with van der Waals surface area (Å²) in [5, 5.41) is 0. The van der Waals surface area contributed by atoms with Gasteiger partial charge in [0, 0.05) is 36.1 Å². The van der Waals surface area contributed by atoms with Crippen LogP contribution in [-0.2, 0) is 6.54 Å². The van der Waals surface area contributed by atoms with E-state index in [4.69, 9.17) is 0 Å². The van der Waals surface area contributed by atoms with Gasteiger partial charge in [-0.1, -0.05) is 18.2 Å². The molecule has 0 bridgehead atoms. The van der Waals surface area contributed by atoms with E-state index in [9.17, 15) is 4.79 Å². The zero-order valence-corrected chi connectivity index (χ0v) is 16.5. The van der Waals surface area contributed by atoms with Gasteiger partial charge in [0.05, 0.1) is 5.56 Å². The molecule has 0 radical (unpaired) electrons. The molecule has 0 atom stereocenters. The molecular weight excluding hydrogens is 356 g/mol. The highest BCUT2D eigenvalue weighted by molar-refractivity contribution is 7.98. The molecule has 0 saturated heterocycles. The molecule has 0 aliphatic carbocycles. The summed E-state index contributed by atoms with van der Waals surface area (Å²) in [6, 6.07) is 13.9. The number of carbonyl (C=O) groups excluding carboxylic acids is 1. The Hall–Kier alpha value is -2.73. The predicted molar refractivity (Wildman–Crippen MR) is 108 cm³/mol. The lowest BCUT2D eigenvalue weighted by atomic mass is 10.1. The third-order valence-electron chi connectivity index (χ3n) is 4.16. The Labute approximate surface area is 163 Å². The van der Waals surface area contributed by atoms with Crippen molar-refractivity contribution in [1.82, 2.24) is 19.9 Å². The molecule has 0 aliphatic heterocycles. The van der Waals surface area contributed by atoms with Crippen molar-refractivity contribution in [1.29, 1.82) is 0 Å². The molecule has 1 aromatic carbocycles. The second-order valence-electron chi connectivity index (χ2n) is 6.39. The van der Waals surface area contributed by atoms with Crippen molar-refractivity contribution < 1.29 is 4.79 Å². The number of aromatic nitrogens is 3. The van der Waals surface area contributed by atoms with Crippen LogP contribution < -0.4 is 0 Å². The van der Waals surface area contributed by atoms with E-state index in [0.29, 0.717) is 23.6 Å². The maximum Gasteiger partial charge on any atom is 0.257 e. The minimum absolute atomic E-state index is 0.0610. The first-order valence-electron chi connectivity index (χ1n) is 8.76. The van der Waals surface area contributed by atoms with Crippen LogP contribution in [0.1, 0.15) is 29.8 Å². The maximum atomic E-state index is 13.0. The van der Waals surface area contributed by atoms with Crippen LogP contribution in [0.15, 0.2) is 66.0 Å². The number of thioether (sulfide) groups is 1. The second kappa shape index (κ2) is 8.77. The number of rotatable bonds is 6. The average Bonchev–Trinajstić information content (AvgIpc) is 2.72. The average molecular weight is 379 g/mol. The van der Waals surface area contributed by atoms with Gasteiger partial charge >= 0.3 is 0 Å². The van der Waals surface area contributed by atoms with E-state index in [1.54, 1.807) is 30.4 Å². The molecule has 3 rings (SSSR count). The van der Waals surface area contributed by atoms with Gasteiger partial charge in [0.2, 0.25) is 0 Å². The first-order valence-corrected chi connectivity index (χ1v) is 9.98. The van der Waals surface area contributed by atoms with Crippen molar-refractivity contribution in [2.45, 2.75) is 31.3 Å². The largest absolute Gasteiger partial charge is 0.332 e. The normalized spacial score (nSPS) is 10.8. The van der Waals surface area contributed by atoms with Crippen molar-refractivity contribution in [3.8, 4) is 11.5 Å². The monoisotopic (exact) mass is 378 g/mol. The Morgan fingerprint density at radius 3 is 2.48 bits per heavy atom. The summed E-state index contributed by atoms with van der Waals surface area (Å²) in [6.07, 6.45) is 6.89. The van der Waals surface area contributed by atoms with Crippen molar-refractivity contribution >= 4 is 17.7 Å². The van der Waals surface area contributed by atoms with E-state index in [2.05, 4.69) is 27.1 Å². The minimum Gasteiger partial charge on any atom is -0.332 e. The van der Waals surface area contributed by atoms with Crippen LogP contribution in [0.4, 0.5) is 0 Å². The highest BCUT2D eigenvalue weighted by Crippen LogP contribution is 2.19. The number of amides is 1. The molecule has 0 N–H and O–H groups in total. The van der Waals surface area contributed by atoms with E-state index >= 15 is 0 Å². The van der Waals surface area contributed by atoms with E-state index in [-0.39, 0.29) is 11.9 Å². The zero-order valence-electron chi connectivity index (χ0n) is 15.7. The molecule has 5 nitrogen and oxygen atoms in total. The van der Waals surface area contributed by atoms with E-state index in [0.717, 1.165) is 5.56 Å². The first kappa shape index (κ1) is 19.0. The summed E-state index contributed by atoms with van der Waals surface area (Å²) < 4.78 is 0. The molecular formula is C21H22N4OS. The molecule has 0 spiro atoms. The highest BCUT2D eigenvalue weighted by atomic mass is 32.2. The Bertz CT molecular complexity index is 898. The minimum atomic E-state index is -0.0767. The summed E-state index contributed by atoms with van der Waals surface area (Å²) in [6.45, 7) is 4.58. The van der Waals surface area contributed by atoms with Crippen LogP contribution >= 0.6 is 11.8 Å². The molecule has 0 fully saturated rings. The fraction of sp³-hybridized carbons (Fsp3) is 0.238. The van der Waals surface area contributed by atoms with Crippen LogP contribution in [0, 0.1) is 0 Å². The van der Waals surface area contributed by atoms with Crippen LogP contribution in [0.2, 0.25) is 0 Å². The van der Waals surface area contributed by atoms with E-state index in [1.165, 1.54) is 4.90 Å². The summed E-state index contributed by atoms with van der Waals surface area (Å²) in [7, 11) is 0. The van der Waals surface area contributed by atoms with Crippen molar-refractivity contribution in [3.63, 3.8) is 0 Å². The number of nitrogens with zero attached hydrogens (tertiary/aromatic N) is 4. The number of pyridine rings is 1. The third kappa shape index (κ3) is 4.71. The smallest absolute Gasteiger partial charge is 0.257 e. The topological polar surface area (TPSA) is 59.0 Å². The fourth-order valence-corrected chi connectivity index (χ4v) is 3.17. The van der Waals surface area contributed by atoms with Crippen molar-refractivity contribution in [2.24, 2.45) is 0 Å². The lowest BCUT2D eigenvalue weighted by Crippen LogP contribution is -2.36. The van der Waals surface area contributed by atoms with Crippen LogP contribution in [-0.4, -0.2) is 38.1 Å². The van der Waals surface area contributed by atoms with Gasteiger partial charge in [-0.25, -0.2) is 9.97 Å². The first-order chi connectivity index (χ1) is 13.1. The second-order valence-corrected chi connectivity index (χ2v) is 7.27. The van der Waals surface area contributed by atoms with Crippen molar-refractivity contribution in [3.05, 3.63) is 72.2 Å². The molecule has 2 heterocycles. The zero-order chi connectivity index (χ0) is 19.2. The van der Waals surface area contributed by atoms with Gasteiger partial charge < -0.3 is 4.90 Å². The lowest BCUT2D eigenvalue weighted by Gasteiger charge is -2.27. The van der Waals surface area contributed by atoms with E-state index in [1.807, 2.05) is 55.3 Å². The fourth-order valence-electron chi connectivity index (χ4n) is 2.69. The van der Waals surface area contributed by atoms with Gasteiger partial charge in [-0.15, -0.1) is 11.8 Å². The van der Waals surface area contributed by atoms with Gasteiger partial charge in [-0.3, -0.25) is 9.78 Å². The Morgan fingerprint density at radius 2 is 1.85 bits per heavy atom. The molecule has 27 heavy (non-hydrogen) atoms. The third-order valence-corrected chi connectivity index (χ3v) is 4.89. The van der Waals surface area contributed by atoms with Gasteiger partial charge in [-0.05, 0) is 49.9 Å². The lowest BCUT2D eigenvalue weighted by molar-refractivity contribution is 0.0689. The molecule has 0 aliphatic rings.